The second-order valence-corrected chi connectivity index (χ2v) is 7.45. The van der Waals surface area contributed by atoms with Gasteiger partial charge in [0.2, 0.25) is 0 Å². The molecule has 1 heterocycles. The van der Waals surface area contributed by atoms with E-state index in [1.807, 2.05) is 0 Å². The minimum atomic E-state index is 0.0684. The summed E-state index contributed by atoms with van der Waals surface area (Å²) in [5.41, 5.74) is 0.0684. The number of hydrogen-bond donors (Lipinski definition) is 2. The van der Waals surface area contributed by atoms with Crippen LogP contribution in [0.5, 0.6) is 0 Å². The van der Waals surface area contributed by atoms with E-state index in [1.165, 1.54) is 17.7 Å². The first-order chi connectivity index (χ1) is 10.6. The fourth-order valence-corrected chi connectivity index (χ4v) is 2.98. The zero-order valence-corrected chi connectivity index (χ0v) is 14.8. The van der Waals surface area contributed by atoms with Crippen molar-refractivity contribution in [3.63, 3.8) is 0 Å². The molecule has 1 aliphatic rings. The molecule has 0 atom stereocenters. The third-order valence-corrected chi connectivity index (χ3v) is 4.99. The zero-order valence-electron chi connectivity index (χ0n) is 14.0. The first-order valence-electron chi connectivity index (χ1n) is 8.25. The van der Waals surface area contributed by atoms with Crippen LogP contribution in [0, 0.1) is 5.92 Å². The Hall–Kier alpha value is -1.07. The molecule has 0 aliphatic heterocycles. The molecule has 4 nitrogen and oxygen atoms in total. The molecular weight excluding hydrogens is 294 g/mol. The molecule has 1 aromatic heterocycles. The molecule has 22 heavy (non-hydrogen) atoms. The molecule has 0 bridgehead atoms. The Morgan fingerprint density at radius 3 is 2.86 bits per heavy atom. The number of nitrogens with zero attached hydrogens (tertiary/aromatic N) is 1. The maximum absolute atomic E-state index is 5.65. The topological polar surface area (TPSA) is 45.7 Å². The van der Waals surface area contributed by atoms with Crippen molar-refractivity contribution in [2.75, 3.05) is 32.8 Å². The molecule has 2 rings (SSSR count). The molecule has 0 aromatic carbocycles. The molecular formula is C17H29N3OS. The molecule has 0 saturated heterocycles. The summed E-state index contributed by atoms with van der Waals surface area (Å²) in [4.78, 5) is 6.11. The van der Waals surface area contributed by atoms with Gasteiger partial charge in [-0.05, 0) is 37.1 Å². The highest BCUT2D eigenvalue weighted by Gasteiger charge is 2.22. The second kappa shape index (κ2) is 8.53. The zero-order chi connectivity index (χ0) is 15.8. The molecule has 0 amide bonds. The van der Waals surface area contributed by atoms with Gasteiger partial charge in [0.25, 0.3) is 0 Å². The summed E-state index contributed by atoms with van der Waals surface area (Å²) in [5, 5.41) is 8.78. The molecule has 1 aliphatic carbocycles. The molecule has 5 heteroatoms. The summed E-state index contributed by atoms with van der Waals surface area (Å²) in [6.45, 7) is 10.7. The predicted octanol–water partition coefficient (Wildman–Crippen LogP) is 3.01. The molecule has 2 N–H and O–H groups in total. The Balaban J connectivity index is 1.75. The molecule has 0 radical (unpaired) electrons. The minimum Gasteiger partial charge on any atom is -0.379 e. The van der Waals surface area contributed by atoms with Gasteiger partial charge >= 0.3 is 0 Å². The summed E-state index contributed by atoms with van der Waals surface area (Å²) in [5.74, 6) is 1.70. The van der Waals surface area contributed by atoms with Gasteiger partial charge < -0.3 is 15.4 Å². The molecule has 0 spiro atoms. The van der Waals surface area contributed by atoms with Crippen LogP contribution in [-0.4, -0.2) is 38.8 Å². The Morgan fingerprint density at radius 1 is 1.41 bits per heavy atom. The van der Waals surface area contributed by atoms with Gasteiger partial charge in [0.15, 0.2) is 5.96 Å². The summed E-state index contributed by atoms with van der Waals surface area (Å²) in [7, 11) is 0. The lowest BCUT2D eigenvalue weighted by Gasteiger charge is -2.21. The number of thiophene rings is 1. The average Bonchev–Trinajstić information content (AvgIpc) is 3.14. The van der Waals surface area contributed by atoms with Gasteiger partial charge in [-0.25, -0.2) is 0 Å². The predicted molar refractivity (Wildman–Crippen MR) is 94.9 cm³/mol. The third-order valence-electron chi connectivity index (χ3n) is 3.75. The SMILES string of the molecule is CCNC(=NCC(C)(C)c1cccs1)NCCOCC1CC1. The van der Waals surface area contributed by atoms with Crippen LogP contribution in [0.4, 0.5) is 0 Å². The lowest BCUT2D eigenvalue weighted by Crippen LogP contribution is -2.40. The van der Waals surface area contributed by atoms with Crippen molar-refractivity contribution in [2.24, 2.45) is 10.9 Å². The van der Waals surface area contributed by atoms with E-state index >= 15 is 0 Å². The Labute approximate surface area is 138 Å². The van der Waals surface area contributed by atoms with Crippen LogP contribution in [0.15, 0.2) is 22.5 Å². The summed E-state index contributed by atoms with van der Waals surface area (Å²) >= 11 is 1.80. The van der Waals surface area contributed by atoms with Crippen molar-refractivity contribution < 1.29 is 4.74 Å². The van der Waals surface area contributed by atoms with Crippen LogP contribution in [0.2, 0.25) is 0 Å². The van der Waals surface area contributed by atoms with E-state index in [0.717, 1.165) is 44.7 Å². The second-order valence-electron chi connectivity index (χ2n) is 6.50. The quantitative estimate of drug-likeness (QED) is 0.417. The lowest BCUT2D eigenvalue weighted by atomic mass is 9.92. The Morgan fingerprint density at radius 2 is 2.23 bits per heavy atom. The summed E-state index contributed by atoms with van der Waals surface area (Å²) < 4.78 is 5.65. The number of rotatable bonds is 9. The van der Waals surface area contributed by atoms with Gasteiger partial charge in [0, 0.05) is 30.0 Å². The highest BCUT2D eigenvalue weighted by atomic mass is 32.1. The number of nitrogens with one attached hydrogen (secondary N) is 2. The monoisotopic (exact) mass is 323 g/mol. The number of aliphatic imine (C=N–C) groups is 1. The smallest absolute Gasteiger partial charge is 0.191 e. The van der Waals surface area contributed by atoms with Crippen LogP contribution < -0.4 is 10.6 Å². The molecule has 1 aromatic rings. The first-order valence-corrected chi connectivity index (χ1v) is 9.13. The maximum atomic E-state index is 5.65. The van der Waals surface area contributed by atoms with Gasteiger partial charge in [-0.3, -0.25) is 4.99 Å². The standard InChI is InChI=1S/C17H29N3OS/c1-4-18-16(19-9-10-21-12-14-7-8-14)20-13-17(2,3)15-6-5-11-22-15/h5-6,11,14H,4,7-10,12-13H2,1-3H3,(H2,18,19,20). The van der Waals surface area contributed by atoms with E-state index < -0.39 is 0 Å². The van der Waals surface area contributed by atoms with Gasteiger partial charge in [-0.1, -0.05) is 19.9 Å². The van der Waals surface area contributed by atoms with Gasteiger partial charge in [-0.2, -0.15) is 0 Å². The number of guanidine groups is 1. The van der Waals surface area contributed by atoms with Gasteiger partial charge in [0.1, 0.15) is 0 Å². The van der Waals surface area contributed by atoms with Crippen molar-refractivity contribution in [3.8, 4) is 0 Å². The number of hydrogen-bond acceptors (Lipinski definition) is 3. The van der Waals surface area contributed by atoms with E-state index in [0.29, 0.717) is 0 Å². The van der Waals surface area contributed by atoms with E-state index in [2.05, 4.69) is 48.9 Å². The highest BCUT2D eigenvalue weighted by molar-refractivity contribution is 7.10. The van der Waals surface area contributed by atoms with E-state index in [9.17, 15) is 0 Å². The van der Waals surface area contributed by atoms with Crippen LogP contribution in [0.3, 0.4) is 0 Å². The van der Waals surface area contributed by atoms with Crippen molar-refractivity contribution in [3.05, 3.63) is 22.4 Å². The van der Waals surface area contributed by atoms with Crippen molar-refractivity contribution >= 4 is 17.3 Å². The van der Waals surface area contributed by atoms with Gasteiger partial charge in [0.05, 0.1) is 13.2 Å². The van der Waals surface area contributed by atoms with Crippen LogP contribution >= 0.6 is 11.3 Å². The van der Waals surface area contributed by atoms with E-state index in [-0.39, 0.29) is 5.41 Å². The third kappa shape index (κ3) is 5.97. The average molecular weight is 324 g/mol. The van der Waals surface area contributed by atoms with Crippen molar-refractivity contribution in [1.82, 2.24) is 10.6 Å². The summed E-state index contributed by atoms with van der Waals surface area (Å²) in [6, 6.07) is 4.29. The van der Waals surface area contributed by atoms with Crippen LogP contribution in [-0.2, 0) is 10.2 Å². The molecule has 1 fully saturated rings. The Bertz CT molecular complexity index is 452. The fourth-order valence-electron chi connectivity index (χ4n) is 2.14. The van der Waals surface area contributed by atoms with Crippen LogP contribution in [0.1, 0.15) is 38.5 Å². The number of ether oxygens (including phenoxy) is 1. The fraction of sp³-hybridized carbons (Fsp3) is 0.706. The first kappa shape index (κ1) is 17.3. The lowest BCUT2D eigenvalue weighted by molar-refractivity contribution is 0.129. The normalized spacial score (nSPS) is 15.9. The summed E-state index contributed by atoms with van der Waals surface area (Å²) in [6.07, 6.45) is 2.69. The van der Waals surface area contributed by atoms with E-state index in [1.54, 1.807) is 11.3 Å². The van der Waals surface area contributed by atoms with Crippen molar-refractivity contribution in [1.29, 1.82) is 0 Å². The van der Waals surface area contributed by atoms with Gasteiger partial charge in [-0.15, -0.1) is 11.3 Å². The highest BCUT2D eigenvalue weighted by Crippen LogP contribution is 2.28. The van der Waals surface area contributed by atoms with Crippen molar-refractivity contribution in [2.45, 2.75) is 39.0 Å². The van der Waals surface area contributed by atoms with E-state index in [4.69, 9.17) is 9.73 Å². The molecule has 1 saturated carbocycles. The minimum absolute atomic E-state index is 0.0684. The van der Waals surface area contributed by atoms with Crippen LogP contribution in [0.25, 0.3) is 0 Å². The molecule has 0 unspecified atom stereocenters. The molecule has 124 valence electrons. The maximum Gasteiger partial charge on any atom is 0.191 e. The Kier molecular flexibility index (Phi) is 6.70. The largest absolute Gasteiger partial charge is 0.379 e.